The van der Waals surface area contributed by atoms with E-state index in [1.165, 1.54) is 4.88 Å². The Hall–Kier alpha value is -1.65. The lowest BCUT2D eigenvalue weighted by Gasteiger charge is -2.39. The second-order valence-electron chi connectivity index (χ2n) is 6.39. The van der Waals surface area contributed by atoms with E-state index in [-0.39, 0.29) is 0 Å². The monoisotopic (exact) mass is 408 g/mol. The number of halogens is 3. The summed E-state index contributed by atoms with van der Waals surface area (Å²) in [5.74, 6) is -2.45. The lowest BCUT2D eigenvalue weighted by atomic mass is 9.96. The standard InChI is InChI=1S/C15H22N2O2S.C2HF3O2/c1-19-9-8-17-14-6-7-16(11-12-3-2-10-20-12)13(14)4-5-15(17)18;3-2(4,5)1(6)7/h2-3,10,13-14H,4-9,11H2,1H3;(H,6,7)/t13-,14-;/m1./s1. The van der Waals surface area contributed by atoms with Crippen molar-refractivity contribution in [1.82, 2.24) is 9.80 Å². The highest BCUT2D eigenvalue weighted by Gasteiger charge is 2.42. The Morgan fingerprint density at radius 3 is 2.63 bits per heavy atom. The van der Waals surface area contributed by atoms with Crippen molar-refractivity contribution in [2.24, 2.45) is 0 Å². The Morgan fingerprint density at radius 1 is 1.37 bits per heavy atom. The first-order valence-electron chi connectivity index (χ1n) is 8.59. The van der Waals surface area contributed by atoms with E-state index < -0.39 is 12.1 Å². The molecule has 27 heavy (non-hydrogen) atoms. The van der Waals surface area contributed by atoms with Gasteiger partial charge in [-0.25, -0.2) is 4.79 Å². The average Bonchev–Trinajstić information content (AvgIpc) is 3.24. The van der Waals surface area contributed by atoms with Crippen LogP contribution < -0.4 is 0 Å². The molecule has 1 amide bonds. The number of carboxylic acids is 1. The minimum atomic E-state index is -5.08. The largest absolute Gasteiger partial charge is 0.490 e. The van der Waals surface area contributed by atoms with Crippen molar-refractivity contribution >= 4 is 23.2 Å². The molecule has 0 saturated carbocycles. The summed E-state index contributed by atoms with van der Waals surface area (Å²) in [6.45, 7) is 3.51. The Bertz CT molecular complexity index is 624. The van der Waals surface area contributed by atoms with Crippen LogP contribution in [0.25, 0.3) is 0 Å². The summed E-state index contributed by atoms with van der Waals surface area (Å²) in [6, 6.07) is 5.25. The topological polar surface area (TPSA) is 70.1 Å². The van der Waals surface area contributed by atoms with E-state index in [0.29, 0.717) is 31.0 Å². The number of methoxy groups -OCH3 is 1. The number of carbonyl (C=O) groups is 2. The fourth-order valence-electron chi connectivity index (χ4n) is 3.52. The van der Waals surface area contributed by atoms with Gasteiger partial charge in [0.15, 0.2) is 0 Å². The zero-order chi connectivity index (χ0) is 20.0. The number of hydrogen-bond donors (Lipinski definition) is 1. The van der Waals surface area contributed by atoms with Crippen molar-refractivity contribution in [2.45, 2.75) is 44.1 Å². The number of carboxylic acid groups (broad SMARTS) is 1. The molecule has 3 rings (SSSR count). The van der Waals surface area contributed by atoms with Crippen molar-refractivity contribution in [3.8, 4) is 0 Å². The van der Waals surface area contributed by atoms with Crippen LogP contribution in [0.4, 0.5) is 13.2 Å². The van der Waals surface area contributed by atoms with E-state index in [2.05, 4.69) is 27.3 Å². The summed E-state index contributed by atoms with van der Waals surface area (Å²) in [6.07, 6.45) is -2.28. The normalized spacial score (nSPS) is 23.0. The highest BCUT2D eigenvalue weighted by molar-refractivity contribution is 7.09. The Kier molecular flexibility index (Phi) is 7.63. The molecule has 6 nitrogen and oxygen atoms in total. The lowest BCUT2D eigenvalue weighted by molar-refractivity contribution is -0.192. The van der Waals surface area contributed by atoms with Gasteiger partial charge in [-0.3, -0.25) is 9.69 Å². The summed E-state index contributed by atoms with van der Waals surface area (Å²) in [7, 11) is 1.70. The van der Waals surface area contributed by atoms with Crippen LogP contribution in [-0.4, -0.2) is 71.8 Å². The number of thiophene rings is 1. The van der Waals surface area contributed by atoms with Crippen molar-refractivity contribution in [1.29, 1.82) is 0 Å². The SMILES string of the molecule is COCCN1C(=O)CC[C@@H]2[C@H]1CCN2Cc1cccs1.O=C(O)C(F)(F)F. The molecule has 2 atom stereocenters. The molecular formula is C17H23F3N2O4S. The van der Waals surface area contributed by atoms with Gasteiger partial charge in [0, 0.05) is 50.1 Å². The number of carbonyl (C=O) groups excluding carboxylic acids is 1. The van der Waals surface area contributed by atoms with Crippen LogP contribution in [0, 0.1) is 0 Å². The van der Waals surface area contributed by atoms with Crippen LogP contribution in [0.5, 0.6) is 0 Å². The molecule has 1 aromatic rings. The summed E-state index contributed by atoms with van der Waals surface area (Å²) in [5, 5.41) is 9.26. The number of piperidine rings is 1. The average molecular weight is 408 g/mol. The first kappa shape index (κ1) is 21.6. The third-order valence-corrected chi connectivity index (χ3v) is 5.58. The number of likely N-dealkylation sites (tertiary alicyclic amines) is 2. The van der Waals surface area contributed by atoms with Crippen LogP contribution in [0.2, 0.25) is 0 Å². The Morgan fingerprint density at radius 2 is 2.07 bits per heavy atom. The molecule has 2 saturated heterocycles. The molecule has 1 N–H and O–H groups in total. The number of nitrogens with zero attached hydrogens (tertiary/aromatic N) is 2. The van der Waals surface area contributed by atoms with E-state index in [1.807, 2.05) is 11.3 Å². The maximum absolute atomic E-state index is 12.1. The number of hydrogen-bond acceptors (Lipinski definition) is 5. The summed E-state index contributed by atoms with van der Waals surface area (Å²) in [4.78, 5) is 27.1. The summed E-state index contributed by atoms with van der Waals surface area (Å²) < 4.78 is 36.9. The molecule has 3 heterocycles. The maximum Gasteiger partial charge on any atom is 0.490 e. The maximum atomic E-state index is 12.1. The number of alkyl halides is 3. The van der Waals surface area contributed by atoms with Crippen LogP contribution in [0.1, 0.15) is 24.1 Å². The first-order chi connectivity index (χ1) is 12.7. The van der Waals surface area contributed by atoms with Gasteiger partial charge in [0.2, 0.25) is 5.91 Å². The third-order valence-electron chi connectivity index (χ3n) is 4.72. The predicted molar refractivity (Wildman–Crippen MR) is 93.4 cm³/mol. The number of aliphatic carboxylic acids is 1. The summed E-state index contributed by atoms with van der Waals surface area (Å²) in [5.41, 5.74) is 0. The van der Waals surface area contributed by atoms with E-state index >= 15 is 0 Å². The fourth-order valence-corrected chi connectivity index (χ4v) is 4.25. The number of ether oxygens (including phenoxy) is 1. The molecule has 2 aliphatic rings. The van der Waals surface area contributed by atoms with Crippen LogP contribution >= 0.6 is 11.3 Å². The highest BCUT2D eigenvalue weighted by atomic mass is 32.1. The molecule has 0 aromatic carbocycles. The van der Waals surface area contributed by atoms with Crippen molar-refractivity contribution in [3.05, 3.63) is 22.4 Å². The van der Waals surface area contributed by atoms with Crippen molar-refractivity contribution in [3.63, 3.8) is 0 Å². The zero-order valence-corrected chi connectivity index (χ0v) is 15.8. The number of amides is 1. The molecule has 1 aromatic heterocycles. The van der Waals surface area contributed by atoms with E-state index in [9.17, 15) is 18.0 Å². The smallest absolute Gasteiger partial charge is 0.475 e. The van der Waals surface area contributed by atoms with Gasteiger partial charge in [-0.05, 0) is 24.3 Å². The first-order valence-corrected chi connectivity index (χ1v) is 9.47. The van der Waals surface area contributed by atoms with Gasteiger partial charge < -0.3 is 14.7 Å². The molecule has 0 spiro atoms. The van der Waals surface area contributed by atoms with Crippen LogP contribution in [0.3, 0.4) is 0 Å². The second kappa shape index (κ2) is 9.52. The van der Waals surface area contributed by atoms with Gasteiger partial charge in [0.25, 0.3) is 0 Å². The highest BCUT2D eigenvalue weighted by Crippen LogP contribution is 2.32. The molecule has 0 bridgehead atoms. The van der Waals surface area contributed by atoms with Crippen LogP contribution in [-0.2, 0) is 20.9 Å². The van der Waals surface area contributed by atoms with Gasteiger partial charge in [-0.1, -0.05) is 6.07 Å². The molecule has 0 unspecified atom stereocenters. The van der Waals surface area contributed by atoms with Crippen molar-refractivity contribution in [2.75, 3.05) is 26.8 Å². The van der Waals surface area contributed by atoms with Gasteiger partial charge in [-0.2, -0.15) is 13.2 Å². The van der Waals surface area contributed by atoms with Gasteiger partial charge in [0.05, 0.1) is 6.61 Å². The molecule has 0 radical (unpaired) electrons. The predicted octanol–water partition coefficient (Wildman–Crippen LogP) is 2.59. The van der Waals surface area contributed by atoms with Gasteiger partial charge >= 0.3 is 12.1 Å². The minimum absolute atomic E-state index is 0.307. The lowest BCUT2D eigenvalue weighted by Crippen LogP contribution is -2.52. The van der Waals surface area contributed by atoms with Gasteiger partial charge in [-0.15, -0.1) is 11.3 Å². The quantitative estimate of drug-likeness (QED) is 0.811. The van der Waals surface area contributed by atoms with E-state index in [0.717, 1.165) is 32.5 Å². The molecule has 10 heteroatoms. The van der Waals surface area contributed by atoms with E-state index in [4.69, 9.17) is 14.6 Å². The molecule has 152 valence electrons. The molecule has 2 aliphatic heterocycles. The molecule has 0 aliphatic carbocycles. The van der Waals surface area contributed by atoms with Gasteiger partial charge in [0.1, 0.15) is 0 Å². The Labute approximate surface area is 159 Å². The second-order valence-corrected chi connectivity index (χ2v) is 7.43. The minimum Gasteiger partial charge on any atom is -0.475 e. The third kappa shape index (κ3) is 5.91. The fraction of sp³-hybridized carbons (Fsp3) is 0.647. The molecular weight excluding hydrogens is 385 g/mol. The van der Waals surface area contributed by atoms with Crippen LogP contribution in [0.15, 0.2) is 17.5 Å². The zero-order valence-electron chi connectivity index (χ0n) is 14.9. The Balaban J connectivity index is 0.000000321. The summed E-state index contributed by atoms with van der Waals surface area (Å²) >= 11 is 1.82. The van der Waals surface area contributed by atoms with Crippen molar-refractivity contribution < 1.29 is 32.6 Å². The number of fused-ring (bicyclic) bond motifs is 1. The van der Waals surface area contributed by atoms with E-state index in [1.54, 1.807) is 7.11 Å². The number of rotatable bonds is 5. The molecule has 2 fully saturated rings.